The van der Waals surface area contributed by atoms with Gasteiger partial charge >= 0.3 is 5.97 Å². The Balaban J connectivity index is 0.00000336. The molecule has 1 saturated heterocycles. The highest BCUT2D eigenvalue weighted by atomic mass is 35.5. The molecule has 8 heteroatoms. The van der Waals surface area contributed by atoms with Crippen LogP contribution in [-0.2, 0) is 0 Å². The van der Waals surface area contributed by atoms with Crippen molar-refractivity contribution in [2.24, 2.45) is 0 Å². The Hall–Kier alpha value is -2.83. The van der Waals surface area contributed by atoms with E-state index in [0.717, 1.165) is 53.0 Å². The Morgan fingerprint density at radius 1 is 1.03 bits per heavy atom. The number of ether oxygens (including phenoxy) is 1. The third kappa shape index (κ3) is 6.08. The first-order chi connectivity index (χ1) is 17.9. The molecular weight excluding hydrogens is 548 g/mol. The zero-order chi connectivity index (χ0) is 25.9. The summed E-state index contributed by atoms with van der Waals surface area (Å²) in [5.74, 6) is -0.470. The maximum Gasteiger partial charge on any atom is 0.335 e. The first kappa shape index (κ1) is 28.2. The normalized spacial score (nSPS) is 15.1. The van der Waals surface area contributed by atoms with Crippen LogP contribution in [0.15, 0.2) is 66.2 Å². The van der Waals surface area contributed by atoms with Crippen molar-refractivity contribution in [3.05, 3.63) is 104 Å². The van der Waals surface area contributed by atoms with Crippen molar-refractivity contribution in [1.82, 2.24) is 4.90 Å². The van der Waals surface area contributed by atoms with Gasteiger partial charge in [-0.3, -0.25) is 9.29 Å². The van der Waals surface area contributed by atoms with Crippen molar-refractivity contribution in [1.29, 1.82) is 0 Å². The van der Waals surface area contributed by atoms with E-state index in [4.69, 9.17) is 27.9 Å². The first-order valence-electron chi connectivity index (χ1n) is 12.2. The van der Waals surface area contributed by atoms with E-state index in [1.165, 1.54) is 5.57 Å². The van der Waals surface area contributed by atoms with Crippen LogP contribution in [0, 0.1) is 0 Å². The molecular formula is C30H27Cl3FNO3. The lowest BCUT2D eigenvalue weighted by molar-refractivity contribution is 0.0696. The Morgan fingerprint density at radius 3 is 2.45 bits per heavy atom. The molecule has 3 aromatic carbocycles. The van der Waals surface area contributed by atoms with Crippen LogP contribution < -0.4 is 4.74 Å². The highest BCUT2D eigenvalue weighted by Crippen LogP contribution is 2.43. The van der Waals surface area contributed by atoms with Crippen molar-refractivity contribution in [2.75, 3.05) is 32.9 Å². The second kappa shape index (κ2) is 12.4. The number of hydrogen-bond acceptors (Lipinski definition) is 3. The van der Waals surface area contributed by atoms with Gasteiger partial charge in [0.1, 0.15) is 5.75 Å². The van der Waals surface area contributed by atoms with Gasteiger partial charge < -0.3 is 9.84 Å². The van der Waals surface area contributed by atoms with Gasteiger partial charge in [-0.1, -0.05) is 59.6 Å². The van der Waals surface area contributed by atoms with Crippen LogP contribution in [-0.4, -0.2) is 48.9 Å². The molecule has 5 rings (SSSR count). The summed E-state index contributed by atoms with van der Waals surface area (Å²) in [7, 11) is 0. The lowest BCUT2D eigenvalue weighted by Gasteiger charge is -2.33. The molecule has 0 atom stereocenters. The maximum absolute atomic E-state index is 12.4. The van der Waals surface area contributed by atoms with Crippen LogP contribution in [0.1, 0.15) is 45.5 Å². The van der Waals surface area contributed by atoms with Crippen molar-refractivity contribution in [3.63, 3.8) is 0 Å². The number of halogens is 4. The minimum absolute atomic E-state index is 0. The number of hydrogen-bond donors (Lipinski definition) is 1. The second-order valence-corrected chi connectivity index (χ2v) is 10.1. The van der Waals surface area contributed by atoms with E-state index in [2.05, 4.69) is 35.2 Å². The van der Waals surface area contributed by atoms with Crippen LogP contribution in [0.5, 0.6) is 5.75 Å². The van der Waals surface area contributed by atoms with Crippen LogP contribution in [0.25, 0.3) is 17.2 Å². The molecule has 1 N–H and O–H groups in total. The monoisotopic (exact) mass is 573 g/mol. The van der Waals surface area contributed by atoms with Gasteiger partial charge in [0.15, 0.2) is 0 Å². The highest BCUT2D eigenvalue weighted by Gasteiger charge is 2.24. The number of carboxylic acids is 1. The van der Waals surface area contributed by atoms with Crippen LogP contribution in [0.4, 0.5) is 4.39 Å². The zero-order valence-corrected chi connectivity index (χ0v) is 22.9. The molecule has 1 fully saturated rings. The minimum atomic E-state index is -1.00. The predicted molar refractivity (Wildman–Crippen MR) is 155 cm³/mol. The molecule has 4 nitrogen and oxygen atoms in total. The smallest absolute Gasteiger partial charge is 0.335 e. The van der Waals surface area contributed by atoms with Crippen LogP contribution in [0.3, 0.4) is 0 Å². The number of carbonyl (C=O) groups is 1. The molecule has 38 heavy (non-hydrogen) atoms. The molecule has 2 aliphatic heterocycles. The van der Waals surface area contributed by atoms with Crippen LogP contribution in [0.2, 0.25) is 10.0 Å². The zero-order valence-electron chi connectivity index (χ0n) is 20.6. The van der Waals surface area contributed by atoms with E-state index in [-0.39, 0.29) is 24.6 Å². The van der Waals surface area contributed by atoms with Gasteiger partial charge in [0.05, 0.1) is 18.8 Å². The summed E-state index contributed by atoms with van der Waals surface area (Å²) < 4.78 is 18.4. The first-order valence-corrected chi connectivity index (χ1v) is 13.0. The van der Waals surface area contributed by atoms with Gasteiger partial charge in [-0.15, -0.1) is 12.4 Å². The van der Waals surface area contributed by atoms with Gasteiger partial charge in [0.25, 0.3) is 0 Å². The minimum Gasteiger partial charge on any atom is -0.493 e. The molecule has 0 unspecified atom stereocenters. The van der Waals surface area contributed by atoms with E-state index in [1.54, 1.807) is 24.3 Å². The van der Waals surface area contributed by atoms with E-state index in [1.807, 2.05) is 12.1 Å². The number of fused-ring (bicyclic) bond motifs is 1. The fourth-order valence-corrected chi connectivity index (χ4v) is 5.43. The molecule has 198 valence electrons. The molecule has 0 radical (unpaired) electrons. The molecule has 0 spiro atoms. The summed E-state index contributed by atoms with van der Waals surface area (Å²) in [4.78, 5) is 13.8. The van der Waals surface area contributed by atoms with Crippen molar-refractivity contribution >= 4 is 58.8 Å². The number of carboxylic acid groups (broad SMARTS) is 1. The number of aromatic carboxylic acids is 1. The Morgan fingerprint density at radius 2 is 1.76 bits per heavy atom. The number of likely N-dealkylation sites (tertiary alicyclic amines) is 1. The number of rotatable bonds is 7. The lowest BCUT2D eigenvalue weighted by Crippen LogP contribution is -2.40. The standard InChI is InChI=1S/C30H26Cl2FNO3.ClH/c31-23-7-9-24(27(32)16-23)25-10-13-37-28-15-22(30(35)36)6-8-26(28)29(25)21-4-2-19(3-5-21)14-20-17-34(18-20)12-1-11-33;/h2-9,14-16H,1,10-13,17-18H2,(H,35,36);1H. The quantitative estimate of drug-likeness (QED) is 0.311. The van der Waals surface area contributed by atoms with E-state index in [9.17, 15) is 14.3 Å². The molecule has 2 aliphatic rings. The molecule has 0 saturated carbocycles. The molecule has 0 aromatic heterocycles. The number of nitrogens with zero attached hydrogens (tertiary/aromatic N) is 1. The lowest BCUT2D eigenvalue weighted by atomic mass is 9.87. The van der Waals surface area contributed by atoms with Crippen molar-refractivity contribution < 1.29 is 19.0 Å². The fraction of sp³-hybridized carbons (Fsp3) is 0.233. The van der Waals surface area contributed by atoms with E-state index < -0.39 is 5.97 Å². The van der Waals surface area contributed by atoms with Crippen molar-refractivity contribution in [2.45, 2.75) is 12.8 Å². The summed E-state index contributed by atoms with van der Waals surface area (Å²) in [6.45, 7) is 2.66. The maximum atomic E-state index is 12.4. The third-order valence-corrected chi connectivity index (χ3v) is 7.24. The summed E-state index contributed by atoms with van der Waals surface area (Å²) in [6.07, 6.45) is 3.36. The van der Waals surface area contributed by atoms with Gasteiger partial charge in [-0.25, -0.2) is 4.79 Å². The summed E-state index contributed by atoms with van der Waals surface area (Å²) in [5, 5.41) is 10.6. The second-order valence-electron chi connectivity index (χ2n) is 9.27. The summed E-state index contributed by atoms with van der Waals surface area (Å²) in [5.41, 5.74) is 7.23. The van der Waals surface area contributed by atoms with Crippen molar-refractivity contribution in [3.8, 4) is 5.75 Å². The topological polar surface area (TPSA) is 49.8 Å². The summed E-state index contributed by atoms with van der Waals surface area (Å²) in [6, 6.07) is 18.8. The Bertz CT molecular complexity index is 1390. The van der Waals surface area contributed by atoms with E-state index in [0.29, 0.717) is 35.2 Å². The van der Waals surface area contributed by atoms with Gasteiger partial charge in [0, 0.05) is 41.7 Å². The Labute approximate surface area is 237 Å². The molecule has 2 heterocycles. The fourth-order valence-electron chi connectivity index (χ4n) is 4.91. The van der Waals surface area contributed by atoms with Gasteiger partial charge in [-0.2, -0.15) is 0 Å². The average molecular weight is 575 g/mol. The molecule has 0 amide bonds. The van der Waals surface area contributed by atoms with Gasteiger partial charge in [-0.05, 0) is 70.2 Å². The molecule has 0 aliphatic carbocycles. The molecule has 3 aromatic rings. The predicted octanol–water partition coefficient (Wildman–Crippen LogP) is 7.91. The number of benzene rings is 3. The van der Waals surface area contributed by atoms with Gasteiger partial charge in [0.2, 0.25) is 0 Å². The molecule has 0 bridgehead atoms. The SMILES string of the molecule is Cl.O=C(O)c1ccc2c(c1)OCCC(c1ccc(Cl)cc1Cl)=C2c1ccc(C=C2CN(CCCF)C2)cc1. The Kier molecular flexibility index (Phi) is 9.16. The van der Waals surface area contributed by atoms with E-state index >= 15 is 0 Å². The third-order valence-electron chi connectivity index (χ3n) is 6.70. The average Bonchev–Trinajstić information content (AvgIpc) is 3.04. The van der Waals surface area contributed by atoms with Crippen LogP contribution >= 0.6 is 35.6 Å². The largest absolute Gasteiger partial charge is 0.493 e. The highest BCUT2D eigenvalue weighted by molar-refractivity contribution is 6.36. The summed E-state index contributed by atoms with van der Waals surface area (Å²) >= 11 is 12.8. The number of alkyl halides is 1.